The number of anilines is 1. The van der Waals surface area contributed by atoms with Crippen LogP contribution in [0.2, 0.25) is 5.02 Å². The molecule has 3 nitrogen and oxygen atoms in total. The first-order valence-corrected chi connectivity index (χ1v) is 6.20. The number of carbonyl (C=O) groups excluding carboxylic acids is 1. The van der Waals surface area contributed by atoms with Gasteiger partial charge in [-0.2, -0.15) is 0 Å². The number of rotatable bonds is 2. The number of hydrogen-bond acceptors (Lipinski definition) is 2. The highest BCUT2D eigenvalue weighted by Crippen LogP contribution is 2.44. The van der Waals surface area contributed by atoms with E-state index in [9.17, 15) is 14.3 Å². The molecule has 5 heteroatoms. The van der Waals surface area contributed by atoms with Crippen LogP contribution in [-0.2, 0) is 10.2 Å². The van der Waals surface area contributed by atoms with E-state index < -0.39 is 17.3 Å². The fourth-order valence-corrected chi connectivity index (χ4v) is 2.37. The van der Waals surface area contributed by atoms with Crippen molar-refractivity contribution >= 4 is 23.2 Å². The molecule has 1 aliphatic rings. The summed E-state index contributed by atoms with van der Waals surface area (Å²) in [5, 5.41) is 12.3. The SMILES string of the molecule is CCC(O)c1cc2c(c(Cl)c1F)NC(=O)C2(C)C. The zero-order valence-electron chi connectivity index (χ0n) is 10.5. The summed E-state index contributed by atoms with van der Waals surface area (Å²) >= 11 is 5.94. The maximum Gasteiger partial charge on any atom is 0.234 e. The Hall–Kier alpha value is -1.13. The van der Waals surface area contributed by atoms with Gasteiger partial charge in [-0.1, -0.05) is 18.5 Å². The van der Waals surface area contributed by atoms with Gasteiger partial charge in [-0.3, -0.25) is 4.79 Å². The van der Waals surface area contributed by atoms with Gasteiger partial charge in [0.05, 0.1) is 17.2 Å². The maximum absolute atomic E-state index is 14.0. The number of aliphatic hydroxyl groups is 1. The quantitative estimate of drug-likeness (QED) is 0.868. The highest BCUT2D eigenvalue weighted by Gasteiger charge is 2.41. The Balaban J connectivity index is 2.69. The Labute approximate surface area is 110 Å². The number of nitrogens with one attached hydrogen (secondary N) is 1. The number of fused-ring (bicyclic) bond motifs is 1. The van der Waals surface area contributed by atoms with Crippen LogP contribution in [0.1, 0.15) is 44.4 Å². The van der Waals surface area contributed by atoms with E-state index in [4.69, 9.17) is 11.6 Å². The summed E-state index contributed by atoms with van der Waals surface area (Å²) in [6, 6.07) is 1.53. The van der Waals surface area contributed by atoms with Gasteiger partial charge in [-0.05, 0) is 31.9 Å². The van der Waals surface area contributed by atoms with E-state index in [1.54, 1.807) is 20.8 Å². The van der Waals surface area contributed by atoms with Crippen LogP contribution < -0.4 is 5.32 Å². The molecule has 2 N–H and O–H groups in total. The van der Waals surface area contributed by atoms with Crippen molar-refractivity contribution in [2.45, 2.75) is 38.7 Å². The normalized spacial score (nSPS) is 18.4. The van der Waals surface area contributed by atoms with E-state index in [0.717, 1.165) is 0 Å². The van der Waals surface area contributed by atoms with Gasteiger partial charge in [0.15, 0.2) is 0 Å². The Morgan fingerprint density at radius 2 is 2.17 bits per heavy atom. The molecule has 1 unspecified atom stereocenters. The molecule has 98 valence electrons. The fourth-order valence-electron chi connectivity index (χ4n) is 2.12. The summed E-state index contributed by atoms with van der Waals surface area (Å²) in [7, 11) is 0. The Morgan fingerprint density at radius 3 is 2.72 bits per heavy atom. The molecule has 1 aliphatic heterocycles. The summed E-state index contributed by atoms with van der Waals surface area (Å²) in [5.41, 5.74) is 0.318. The zero-order chi connectivity index (χ0) is 13.7. The lowest BCUT2D eigenvalue weighted by Crippen LogP contribution is -2.26. The lowest BCUT2D eigenvalue weighted by molar-refractivity contribution is -0.119. The Kier molecular flexibility index (Phi) is 3.11. The molecular formula is C13H15ClFNO2. The van der Waals surface area contributed by atoms with Crippen LogP contribution in [0, 0.1) is 5.82 Å². The van der Waals surface area contributed by atoms with Gasteiger partial charge in [0, 0.05) is 5.56 Å². The van der Waals surface area contributed by atoms with Crippen molar-refractivity contribution in [1.29, 1.82) is 0 Å². The molecular weight excluding hydrogens is 257 g/mol. The molecule has 2 rings (SSSR count). The third kappa shape index (κ3) is 1.71. The summed E-state index contributed by atoms with van der Waals surface area (Å²) in [6.07, 6.45) is -0.535. The van der Waals surface area contributed by atoms with Gasteiger partial charge in [0.25, 0.3) is 0 Å². The number of hydrogen-bond donors (Lipinski definition) is 2. The predicted octanol–water partition coefficient (Wildman–Crippen LogP) is 3.15. The van der Waals surface area contributed by atoms with Gasteiger partial charge in [-0.15, -0.1) is 0 Å². The van der Waals surface area contributed by atoms with E-state index >= 15 is 0 Å². The molecule has 18 heavy (non-hydrogen) atoms. The predicted molar refractivity (Wildman–Crippen MR) is 68.3 cm³/mol. The molecule has 0 spiro atoms. The first-order valence-electron chi connectivity index (χ1n) is 5.82. The van der Waals surface area contributed by atoms with Crippen LogP contribution in [0.15, 0.2) is 6.07 Å². The van der Waals surface area contributed by atoms with Gasteiger partial charge in [0.1, 0.15) is 10.8 Å². The first-order chi connectivity index (χ1) is 8.30. The average Bonchev–Trinajstić information content (AvgIpc) is 2.55. The fraction of sp³-hybridized carbons (Fsp3) is 0.462. The van der Waals surface area contributed by atoms with E-state index in [0.29, 0.717) is 17.7 Å². The molecule has 1 amide bonds. The highest BCUT2D eigenvalue weighted by molar-refractivity contribution is 6.35. The van der Waals surface area contributed by atoms with Crippen LogP contribution in [-0.4, -0.2) is 11.0 Å². The largest absolute Gasteiger partial charge is 0.388 e. The average molecular weight is 272 g/mol. The molecule has 1 heterocycles. The second kappa shape index (κ2) is 4.21. The summed E-state index contributed by atoms with van der Waals surface area (Å²) in [6.45, 7) is 5.23. The van der Waals surface area contributed by atoms with E-state index in [2.05, 4.69) is 5.32 Å². The highest BCUT2D eigenvalue weighted by atomic mass is 35.5. The second-order valence-electron chi connectivity index (χ2n) is 5.02. The number of benzene rings is 1. The molecule has 1 aromatic rings. The lowest BCUT2D eigenvalue weighted by atomic mass is 9.84. The van der Waals surface area contributed by atoms with Crippen LogP contribution in [0.4, 0.5) is 10.1 Å². The van der Waals surface area contributed by atoms with E-state index in [-0.39, 0.29) is 16.5 Å². The van der Waals surface area contributed by atoms with Crippen molar-refractivity contribution < 1.29 is 14.3 Å². The summed E-state index contributed by atoms with van der Waals surface area (Å²) in [4.78, 5) is 11.8. The molecule has 0 fully saturated rings. The standard InChI is InChI=1S/C13H15ClFNO2/c1-4-8(17)6-5-7-11(9(14)10(6)15)16-12(18)13(7,2)3/h5,8,17H,4H2,1-3H3,(H,16,18). The van der Waals surface area contributed by atoms with E-state index in [1.165, 1.54) is 6.07 Å². The second-order valence-corrected chi connectivity index (χ2v) is 5.40. The van der Waals surface area contributed by atoms with Gasteiger partial charge >= 0.3 is 0 Å². The molecule has 0 saturated carbocycles. The topological polar surface area (TPSA) is 49.3 Å². The minimum Gasteiger partial charge on any atom is -0.388 e. The third-order valence-electron chi connectivity index (χ3n) is 3.46. The molecule has 0 bridgehead atoms. The Bertz CT molecular complexity index is 528. The van der Waals surface area contributed by atoms with Crippen molar-refractivity contribution in [3.05, 3.63) is 28.0 Å². The van der Waals surface area contributed by atoms with Crippen molar-refractivity contribution in [1.82, 2.24) is 0 Å². The molecule has 0 saturated heterocycles. The summed E-state index contributed by atoms with van der Waals surface area (Å²) in [5.74, 6) is -0.885. The molecule has 0 aliphatic carbocycles. The smallest absolute Gasteiger partial charge is 0.234 e. The number of amides is 1. The minimum atomic E-state index is -0.917. The van der Waals surface area contributed by atoms with Crippen molar-refractivity contribution in [2.75, 3.05) is 5.32 Å². The maximum atomic E-state index is 14.0. The van der Waals surface area contributed by atoms with Crippen molar-refractivity contribution in [3.63, 3.8) is 0 Å². The molecule has 1 aromatic carbocycles. The van der Waals surface area contributed by atoms with Crippen LogP contribution in [0.5, 0.6) is 0 Å². The number of carbonyl (C=O) groups is 1. The molecule has 0 radical (unpaired) electrons. The third-order valence-corrected chi connectivity index (χ3v) is 3.81. The number of aliphatic hydroxyl groups excluding tert-OH is 1. The van der Waals surface area contributed by atoms with Crippen LogP contribution >= 0.6 is 11.6 Å². The van der Waals surface area contributed by atoms with Gasteiger partial charge < -0.3 is 10.4 Å². The monoisotopic (exact) mass is 271 g/mol. The van der Waals surface area contributed by atoms with E-state index in [1.807, 2.05) is 0 Å². The van der Waals surface area contributed by atoms with Gasteiger partial charge in [-0.25, -0.2) is 4.39 Å². The Morgan fingerprint density at radius 1 is 1.56 bits per heavy atom. The summed E-state index contributed by atoms with van der Waals surface area (Å²) < 4.78 is 14.0. The van der Waals surface area contributed by atoms with Crippen molar-refractivity contribution in [3.8, 4) is 0 Å². The molecule has 1 atom stereocenters. The number of halogens is 2. The molecule has 0 aromatic heterocycles. The zero-order valence-corrected chi connectivity index (χ0v) is 11.2. The first kappa shape index (κ1) is 13.3. The lowest BCUT2D eigenvalue weighted by Gasteiger charge is -2.18. The van der Waals surface area contributed by atoms with Crippen LogP contribution in [0.3, 0.4) is 0 Å². The van der Waals surface area contributed by atoms with Crippen molar-refractivity contribution in [2.24, 2.45) is 0 Å². The van der Waals surface area contributed by atoms with Crippen LogP contribution in [0.25, 0.3) is 0 Å². The minimum absolute atomic E-state index is 0.131. The van der Waals surface area contributed by atoms with Gasteiger partial charge in [0.2, 0.25) is 5.91 Å².